The van der Waals surface area contributed by atoms with Crippen molar-refractivity contribution < 1.29 is 9.90 Å². The smallest absolute Gasteiger partial charge is 0.265 e. The molecular weight excluding hydrogens is 252 g/mol. The number of nitrogens with one attached hydrogen (secondary N) is 1. The van der Waals surface area contributed by atoms with E-state index in [1.54, 1.807) is 4.90 Å². The van der Waals surface area contributed by atoms with Crippen molar-refractivity contribution in [3.05, 3.63) is 4.88 Å². The molecule has 1 heterocycles. The lowest BCUT2D eigenvalue weighted by molar-refractivity contribution is 0.0915. The summed E-state index contributed by atoms with van der Waals surface area (Å²) in [4.78, 5) is 18.3. The third kappa shape index (κ3) is 3.58. The highest BCUT2D eigenvalue weighted by molar-refractivity contribution is 7.18. The number of rotatable bonds is 5. The topological polar surface area (TPSA) is 91.5 Å². The second kappa shape index (κ2) is 5.53. The number of hydrogen-bond donors (Lipinski definition) is 3. The quantitative estimate of drug-likeness (QED) is 0.727. The van der Waals surface area contributed by atoms with Crippen molar-refractivity contribution in [2.24, 2.45) is 5.41 Å². The lowest BCUT2D eigenvalue weighted by atomic mass is 9.95. The van der Waals surface area contributed by atoms with Crippen LogP contribution in [0.4, 0.5) is 10.9 Å². The molecule has 0 aromatic carbocycles. The van der Waals surface area contributed by atoms with Gasteiger partial charge in [0.25, 0.3) is 5.91 Å². The van der Waals surface area contributed by atoms with Crippen LogP contribution in [-0.2, 0) is 0 Å². The fourth-order valence-electron chi connectivity index (χ4n) is 1.13. The first-order valence-electron chi connectivity index (χ1n) is 5.59. The number of aromatic nitrogens is 1. The van der Waals surface area contributed by atoms with Crippen LogP contribution < -0.4 is 16.0 Å². The first-order valence-corrected chi connectivity index (χ1v) is 6.41. The number of nitrogen functional groups attached to an aromatic ring is 1. The number of aliphatic hydroxyl groups is 1. The van der Waals surface area contributed by atoms with Gasteiger partial charge < -0.3 is 21.1 Å². The van der Waals surface area contributed by atoms with E-state index >= 15 is 0 Å². The van der Waals surface area contributed by atoms with E-state index in [0.717, 1.165) is 0 Å². The summed E-state index contributed by atoms with van der Waals surface area (Å²) >= 11 is 1.25. The summed E-state index contributed by atoms with van der Waals surface area (Å²) in [6, 6.07) is 0. The molecule has 0 aliphatic carbocycles. The largest absolute Gasteiger partial charge is 0.396 e. The summed E-state index contributed by atoms with van der Waals surface area (Å²) in [7, 11) is 3.68. The van der Waals surface area contributed by atoms with Crippen molar-refractivity contribution in [2.45, 2.75) is 13.8 Å². The molecule has 102 valence electrons. The van der Waals surface area contributed by atoms with Gasteiger partial charge in [-0.1, -0.05) is 25.2 Å². The van der Waals surface area contributed by atoms with Gasteiger partial charge in [0.1, 0.15) is 10.7 Å². The van der Waals surface area contributed by atoms with Crippen molar-refractivity contribution in [3.63, 3.8) is 0 Å². The average Bonchev–Trinajstić information content (AvgIpc) is 2.69. The third-order valence-corrected chi connectivity index (χ3v) is 3.62. The molecule has 1 aromatic heterocycles. The molecule has 0 atom stereocenters. The van der Waals surface area contributed by atoms with Crippen LogP contribution in [0.3, 0.4) is 0 Å². The number of amides is 1. The number of carbonyl (C=O) groups is 1. The minimum atomic E-state index is -0.348. The van der Waals surface area contributed by atoms with Crippen molar-refractivity contribution in [2.75, 3.05) is 37.9 Å². The number of aliphatic hydroxyl groups excluding tert-OH is 1. The van der Waals surface area contributed by atoms with Gasteiger partial charge in [0.05, 0.1) is 0 Å². The first kappa shape index (κ1) is 14.7. The normalized spacial score (nSPS) is 11.4. The van der Waals surface area contributed by atoms with Crippen LogP contribution in [0, 0.1) is 5.41 Å². The molecule has 1 aromatic rings. The summed E-state index contributed by atoms with van der Waals surface area (Å²) < 4.78 is 0. The van der Waals surface area contributed by atoms with Crippen molar-refractivity contribution in [1.82, 2.24) is 10.3 Å². The lowest BCUT2D eigenvalue weighted by Crippen LogP contribution is -2.36. The van der Waals surface area contributed by atoms with Crippen molar-refractivity contribution in [3.8, 4) is 0 Å². The van der Waals surface area contributed by atoms with Gasteiger partial charge in [0.2, 0.25) is 0 Å². The zero-order valence-electron chi connectivity index (χ0n) is 11.1. The minimum Gasteiger partial charge on any atom is -0.396 e. The van der Waals surface area contributed by atoms with Gasteiger partial charge in [-0.2, -0.15) is 0 Å². The van der Waals surface area contributed by atoms with Gasteiger partial charge >= 0.3 is 0 Å². The SMILES string of the molecule is CN(C)c1nc(N)c(C(=O)NCC(C)(C)CO)s1. The molecule has 1 amide bonds. The zero-order valence-corrected chi connectivity index (χ0v) is 12.0. The fraction of sp³-hybridized carbons (Fsp3) is 0.636. The maximum Gasteiger partial charge on any atom is 0.265 e. The molecule has 0 aliphatic heterocycles. The van der Waals surface area contributed by atoms with Gasteiger partial charge in [-0.05, 0) is 0 Å². The van der Waals surface area contributed by atoms with Gasteiger partial charge in [-0.15, -0.1) is 0 Å². The van der Waals surface area contributed by atoms with Gasteiger partial charge in [0, 0.05) is 32.7 Å². The van der Waals surface area contributed by atoms with E-state index in [4.69, 9.17) is 10.8 Å². The summed E-state index contributed by atoms with van der Waals surface area (Å²) in [5.41, 5.74) is 5.37. The molecule has 0 fully saturated rings. The van der Waals surface area contributed by atoms with E-state index in [-0.39, 0.29) is 23.7 Å². The average molecular weight is 272 g/mol. The predicted octanol–water partition coefficient (Wildman–Crippen LogP) is 0.540. The lowest BCUT2D eigenvalue weighted by Gasteiger charge is -2.21. The summed E-state index contributed by atoms with van der Waals surface area (Å²) in [6.07, 6.45) is 0. The number of carbonyl (C=O) groups excluding carboxylic acids is 1. The van der Waals surface area contributed by atoms with Gasteiger partial charge in [-0.3, -0.25) is 4.79 Å². The maximum atomic E-state index is 11.9. The van der Waals surface area contributed by atoms with E-state index in [9.17, 15) is 4.79 Å². The summed E-state index contributed by atoms with van der Waals surface area (Å²) in [5.74, 6) is -0.0115. The number of hydrogen-bond acceptors (Lipinski definition) is 6. The highest BCUT2D eigenvalue weighted by atomic mass is 32.1. The second-order valence-electron chi connectivity index (χ2n) is 5.11. The Balaban J connectivity index is 2.73. The van der Waals surface area contributed by atoms with E-state index in [1.165, 1.54) is 11.3 Å². The standard InChI is InChI=1S/C11H20N4O2S/c1-11(2,6-16)5-13-9(17)7-8(12)14-10(18-7)15(3)4/h16H,5-6,12H2,1-4H3,(H,13,17). The van der Waals surface area contributed by atoms with Crippen LogP contribution in [0.1, 0.15) is 23.5 Å². The van der Waals surface area contributed by atoms with Crippen LogP contribution in [0.5, 0.6) is 0 Å². The Morgan fingerprint density at radius 3 is 2.61 bits per heavy atom. The maximum absolute atomic E-state index is 11.9. The molecule has 1 rings (SSSR count). The zero-order chi connectivity index (χ0) is 13.9. The predicted molar refractivity (Wildman–Crippen MR) is 74.1 cm³/mol. The van der Waals surface area contributed by atoms with E-state index in [2.05, 4.69) is 10.3 Å². The molecule has 0 radical (unpaired) electrons. The Labute approximate surface area is 111 Å². The Morgan fingerprint density at radius 1 is 1.56 bits per heavy atom. The van der Waals surface area contributed by atoms with Gasteiger partial charge in [-0.25, -0.2) is 4.98 Å². The van der Waals surface area contributed by atoms with E-state index in [1.807, 2.05) is 27.9 Å². The van der Waals surface area contributed by atoms with Crippen LogP contribution in [0.25, 0.3) is 0 Å². The molecule has 0 bridgehead atoms. The second-order valence-corrected chi connectivity index (χ2v) is 6.09. The molecular formula is C11H20N4O2S. The molecule has 0 spiro atoms. The van der Waals surface area contributed by atoms with E-state index < -0.39 is 0 Å². The fourth-order valence-corrected chi connectivity index (χ4v) is 1.95. The summed E-state index contributed by atoms with van der Waals surface area (Å²) in [5, 5.41) is 12.6. The number of nitrogens with zero attached hydrogens (tertiary/aromatic N) is 2. The minimum absolute atomic E-state index is 0.00833. The number of nitrogens with two attached hydrogens (primary N) is 1. The Bertz CT molecular complexity index is 429. The van der Waals surface area contributed by atoms with Crippen molar-refractivity contribution >= 4 is 28.2 Å². The van der Waals surface area contributed by atoms with Crippen LogP contribution in [-0.4, -0.2) is 43.2 Å². The molecule has 6 nitrogen and oxygen atoms in total. The summed E-state index contributed by atoms with van der Waals surface area (Å²) in [6.45, 7) is 4.13. The van der Waals surface area contributed by atoms with Gasteiger partial charge in [0.15, 0.2) is 5.13 Å². The van der Waals surface area contributed by atoms with Crippen molar-refractivity contribution in [1.29, 1.82) is 0 Å². The number of anilines is 2. The molecule has 0 saturated heterocycles. The Morgan fingerprint density at radius 2 is 2.17 bits per heavy atom. The third-order valence-electron chi connectivity index (χ3n) is 2.39. The molecule has 0 unspecified atom stereocenters. The Hall–Kier alpha value is -1.34. The van der Waals surface area contributed by atoms with E-state index in [0.29, 0.717) is 16.6 Å². The Kier molecular flexibility index (Phi) is 4.53. The molecule has 4 N–H and O–H groups in total. The van der Waals surface area contributed by atoms with Crippen LogP contribution >= 0.6 is 11.3 Å². The highest BCUT2D eigenvalue weighted by Crippen LogP contribution is 2.26. The molecule has 0 aliphatic rings. The monoisotopic (exact) mass is 272 g/mol. The number of thiazole rings is 1. The molecule has 0 saturated carbocycles. The molecule has 18 heavy (non-hydrogen) atoms. The highest BCUT2D eigenvalue weighted by Gasteiger charge is 2.21. The molecule has 7 heteroatoms. The first-order chi connectivity index (χ1) is 8.26. The van der Waals surface area contributed by atoms with Crippen LogP contribution in [0.2, 0.25) is 0 Å². The van der Waals surface area contributed by atoms with Crippen LogP contribution in [0.15, 0.2) is 0 Å².